The molecule has 0 spiro atoms. The Bertz CT molecular complexity index is 458. The smallest absolute Gasteiger partial charge is 0.252 e. The van der Waals surface area contributed by atoms with Gasteiger partial charge in [-0.3, -0.25) is 4.79 Å². The minimum Gasteiger partial charge on any atom is -0.399 e. The topological polar surface area (TPSA) is 55.6 Å². The molecule has 1 aliphatic rings. The van der Waals surface area contributed by atoms with Gasteiger partial charge in [-0.15, -0.1) is 0 Å². The van der Waals surface area contributed by atoms with E-state index in [1.54, 1.807) is 24.1 Å². The van der Waals surface area contributed by atoms with Crippen LogP contribution in [0.4, 0.5) is 11.4 Å². The number of nitrogen functional groups attached to an aromatic ring is 1. The lowest BCUT2D eigenvalue weighted by molar-refractivity contribution is -0.127. The highest BCUT2D eigenvalue weighted by molar-refractivity contribution is 5.93. The van der Waals surface area contributed by atoms with E-state index < -0.39 is 0 Å². The molecule has 0 saturated heterocycles. The quantitative estimate of drug-likeness (QED) is 0.847. The Morgan fingerprint density at radius 1 is 1.29 bits per heavy atom. The fourth-order valence-electron chi connectivity index (χ4n) is 2.98. The van der Waals surface area contributed by atoms with E-state index >= 15 is 0 Å². The Kier molecular flexibility index (Phi) is 5.62. The summed E-state index contributed by atoms with van der Waals surface area (Å²) in [6.07, 6.45) is 6.18. The molecule has 0 heterocycles. The van der Waals surface area contributed by atoms with Crippen molar-refractivity contribution in [1.29, 1.82) is 0 Å². The zero-order chi connectivity index (χ0) is 15.2. The second kappa shape index (κ2) is 7.46. The van der Waals surface area contributed by atoms with E-state index in [4.69, 9.17) is 10.5 Å². The molecule has 2 atom stereocenters. The fraction of sp³-hybridized carbons (Fsp3) is 0.588. The third kappa shape index (κ3) is 4.21. The normalized spacial score (nSPS) is 22.0. The SMILES string of the molecule is CCC1CCCCC1OCC(=O)N(C)c1ccc(N)cc1. The molecule has 2 N–H and O–H groups in total. The summed E-state index contributed by atoms with van der Waals surface area (Å²) in [5, 5.41) is 0. The number of amides is 1. The molecule has 1 saturated carbocycles. The number of benzene rings is 1. The Morgan fingerprint density at radius 2 is 1.95 bits per heavy atom. The predicted octanol–water partition coefficient (Wildman–Crippen LogP) is 3.22. The van der Waals surface area contributed by atoms with Crippen LogP contribution in [0.5, 0.6) is 0 Å². The summed E-state index contributed by atoms with van der Waals surface area (Å²) in [6, 6.07) is 7.30. The van der Waals surface area contributed by atoms with Gasteiger partial charge in [-0.2, -0.15) is 0 Å². The van der Waals surface area contributed by atoms with Crippen LogP contribution in [0.25, 0.3) is 0 Å². The number of rotatable bonds is 5. The molecule has 0 radical (unpaired) electrons. The van der Waals surface area contributed by atoms with Gasteiger partial charge in [-0.05, 0) is 43.0 Å². The standard InChI is InChI=1S/C17H26N2O2/c1-3-13-6-4-5-7-16(13)21-12-17(20)19(2)15-10-8-14(18)9-11-15/h8-11,13,16H,3-7,12,18H2,1-2H3. The van der Waals surface area contributed by atoms with E-state index in [9.17, 15) is 4.79 Å². The van der Waals surface area contributed by atoms with Crippen LogP contribution >= 0.6 is 0 Å². The van der Waals surface area contributed by atoms with Crippen molar-refractivity contribution in [1.82, 2.24) is 0 Å². The lowest BCUT2D eigenvalue weighted by Crippen LogP contribution is -2.35. The molecule has 2 unspecified atom stereocenters. The zero-order valence-corrected chi connectivity index (χ0v) is 13.0. The van der Waals surface area contributed by atoms with Crippen molar-refractivity contribution in [3.05, 3.63) is 24.3 Å². The third-order valence-corrected chi connectivity index (χ3v) is 4.44. The van der Waals surface area contributed by atoms with Gasteiger partial charge in [0.25, 0.3) is 5.91 Å². The lowest BCUT2D eigenvalue weighted by Gasteiger charge is -2.31. The first-order chi connectivity index (χ1) is 10.1. The molecule has 1 aromatic carbocycles. The highest BCUT2D eigenvalue weighted by atomic mass is 16.5. The third-order valence-electron chi connectivity index (χ3n) is 4.44. The highest BCUT2D eigenvalue weighted by Crippen LogP contribution is 2.29. The van der Waals surface area contributed by atoms with Crippen LogP contribution in [0.15, 0.2) is 24.3 Å². The minimum atomic E-state index is -0.0137. The summed E-state index contributed by atoms with van der Waals surface area (Å²) in [4.78, 5) is 13.9. The van der Waals surface area contributed by atoms with E-state index in [2.05, 4.69) is 6.92 Å². The van der Waals surface area contributed by atoms with Crippen molar-refractivity contribution in [2.75, 3.05) is 24.3 Å². The maximum atomic E-state index is 12.2. The molecule has 21 heavy (non-hydrogen) atoms. The summed E-state index contributed by atoms with van der Waals surface area (Å²) >= 11 is 0. The van der Waals surface area contributed by atoms with E-state index in [1.807, 2.05) is 12.1 Å². The molecule has 0 bridgehead atoms. The van der Waals surface area contributed by atoms with Crippen LogP contribution in [0, 0.1) is 5.92 Å². The first-order valence-corrected chi connectivity index (χ1v) is 7.85. The number of carbonyl (C=O) groups is 1. The predicted molar refractivity (Wildman–Crippen MR) is 86.3 cm³/mol. The largest absolute Gasteiger partial charge is 0.399 e. The second-order valence-electron chi connectivity index (χ2n) is 5.85. The number of carbonyl (C=O) groups excluding carboxylic acids is 1. The number of anilines is 2. The number of hydrogen-bond donors (Lipinski definition) is 1. The zero-order valence-electron chi connectivity index (χ0n) is 13.0. The van der Waals surface area contributed by atoms with Gasteiger partial charge in [0.15, 0.2) is 0 Å². The monoisotopic (exact) mass is 290 g/mol. The molecular formula is C17H26N2O2. The van der Waals surface area contributed by atoms with Crippen LogP contribution in [-0.2, 0) is 9.53 Å². The van der Waals surface area contributed by atoms with Crippen LogP contribution in [-0.4, -0.2) is 25.7 Å². The number of hydrogen-bond acceptors (Lipinski definition) is 3. The van der Waals surface area contributed by atoms with E-state index in [-0.39, 0.29) is 18.6 Å². The van der Waals surface area contributed by atoms with Gasteiger partial charge < -0.3 is 15.4 Å². The maximum Gasteiger partial charge on any atom is 0.252 e. The molecule has 116 valence electrons. The Balaban J connectivity index is 1.87. The molecule has 0 aliphatic heterocycles. The van der Waals surface area contributed by atoms with Gasteiger partial charge in [0.1, 0.15) is 6.61 Å². The van der Waals surface area contributed by atoms with Crippen molar-refractivity contribution in [2.24, 2.45) is 5.92 Å². The average molecular weight is 290 g/mol. The van der Waals surface area contributed by atoms with Crippen LogP contribution in [0.1, 0.15) is 39.0 Å². The summed E-state index contributed by atoms with van der Waals surface area (Å²) in [5.41, 5.74) is 7.20. The first kappa shape index (κ1) is 15.8. The molecule has 0 aromatic heterocycles. The van der Waals surface area contributed by atoms with Crippen molar-refractivity contribution >= 4 is 17.3 Å². The average Bonchev–Trinajstić information content (AvgIpc) is 2.52. The number of nitrogens with two attached hydrogens (primary N) is 1. The molecule has 4 heteroatoms. The summed E-state index contributed by atoms with van der Waals surface area (Å²) in [7, 11) is 1.77. The maximum absolute atomic E-state index is 12.2. The number of likely N-dealkylation sites (N-methyl/N-ethyl adjacent to an activating group) is 1. The molecule has 1 amide bonds. The van der Waals surface area contributed by atoms with E-state index in [0.29, 0.717) is 11.6 Å². The lowest BCUT2D eigenvalue weighted by atomic mass is 9.85. The number of ether oxygens (including phenoxy) is 1. The van der Waals surface area contributed by atoms with E-state index in [0.717, 1.165) is 18.5 Å². The molecule has 1 aliphatic carbocycles. The summed E-state index contributed by atoms with van der Waals surface area (Å²) < 4.78 is 5.90. The summed E-state index contributed by atoms with van der Waals surface area (Å²) in [6.45, 7) is 2.36. The molecule has 2 rings (SSSR count). The van der Waals surface area contributed by atoms with Gasteiger partial charge in [-0.1, -0.05) is 26.2 Å². The van der Waals surface area contributed by atoms with Crippen LogP contribution in [0.3, 0.4) is 0 Å². The molecule has 1 fully saturated rings. The fourth-order valence-corrected chi connectivity index (χ4v) is 2.98. The second-order valence-corrected chi connectivity index (χ2v) is 5.85. The van der Waals surface area contributed by atoms with Crippen LogP contribution < -0.4 is 10.6 Å². The van der Waals surface area contributed by atoms with Gasteiger partial charge >= 0.3 is 0 Å². The molecule has 1 aromatic rings. The molecular weight excluding hydrogens is 264 g/mol. The summed E-state index contributed by atoms with van der Waals surface area (Å²) in [5.74, 6) is 0.591. The number of nitrogens with zero attached hydrogens (tertiary/aromatic N) is 1. The van der Waals surface area contributed by atoms with Crippen molar-refractivity contribution in [3.63, 3.8) is 0 Å². The van der Waals surface area contributed by atoms with Crippen molar-refractivity contribution < 1.29 is 9.53 Å². The van der Waals surface area contributed by atoms with Crippen molar-refractivity contribution in [2.45, 2.75) is 45.1 Å². The van der Waals surface area contributed by atoms with Crippen molar-refractivity contribution in [3.8, 4) is 0 Å². The Labute approximate surface area is 127 Å². The van der Waals surface area contributed by atoms with Gasteiger partial charge in [-0.25, -0.2) is 0 Å². The van der Waals surface area contributed by atoms with Gasteiger partial charge in [0.2, 0.25) is 0 Å². The Morgan fingerprint density at radius 3 is 2.62 bits per heavy atom. The first-order valence-electron chi connectivity index (χ1n) is 7.85. The Hall–Kier alpha value is -1.55. The minimum absolute atomic E-state index is 0.0137. The van der Waals surface area contributed by atoms with E-state index in [1.165, 1.54) is 19.3 Å². The van der Waals surface area contributed by atoms with Gasteiger partial charge in [0, 0.05) is 18.4 Å². The highest BCUT2D eigenvalue weighted by Gasteiger charge is 2.25. The molecule has 4 nitrogen and oxygen atoms in total. The van der Waals surface area contributed by atoms with Crippen LogP contribution in [0.2, 0.25) is 0 Å². The van der Waals surface area contributed by atoms with Gasteiger partial charge in [0.05, 0.1) is 6.10 Å².